The van der Waals surface area contributed by atoms with Crippen molar-refractivity contribution in [2.75, 3.05) is 0 Å². The molecule has 0 heterocycles. The fourth-order valence-electron chi connectivity index (χ4n) is 1.22. The molecule has 0 saturated heterocycles. The highest BCUT2D eigenvalue weighted by atomic mass is 79.9. The van der Waals surface area contributed by atoms with Crippen LogP contribution in [0.2, 0.25) is 0 Å². The largest absolute Gasteiger partial charge is 0.391 e. The highest BCUT2D eigenvalue weighted by Gasteiger charge is 2.43. The van der Waals surface area contributed by atoms with Crippen LogP contribution in [0.25, 0.3) is 0 Å². The number of rotatable bonds is 0. The van der Waals surface area contributed by atoms with Crippen molar-refractivity contribution in [3.05, 3.63) is 0 Å². The Bertz CT molecular complexity index is 121. The van der Waals surface area contributed by atoms with Crippen LogP contribution in [0.15, 0.2) is 0 Å². The molecule has 60 valence electrons. The lowest BCUT2D eigenvalue weighted by Gasteiger charge is -2.12. The zero-order valence-corrected chi connectivity index (χ0v) is 6.87. The Balaban J connectivity index is 2.45. The molecular weight excluding hydrogens is 209 g/mol. The normalized spacial score (nSPS) is 34.8. The number of hydrogen-bond acceptors (Lipinski definition) is 0. The molecule has 1 saturated carbocycles. The minimum absolute atomic E-state index is 0.0825. The molecule has 0 N–H and O–H groups in total. The molecule has 0 nitrogen and oxygen atoms in total. The summed E-state index contributed by atoms with van der Waals surface area (Å²) in [7, 11) is 0. The van der Waals surface area contributed by atoms with Gasteiger partial charge in [0.25, 0.3) is 0 Å². The van der Waals surface area contributed by atoms with Crippen molar-refractivity contribution in [3.63, 3.8) is 0 Å². The topological polar surface area (TPSA) is 0 Å². The fraction of sp³-hybridized carbons (Fsp3) is 1.00. The number of halogens is 4. The van der Waals surface area contributed by atoms with E-state index in [9.17, 15) is 13.2 Å². The molecule has 0 aromatic heterocycles. The van der Waals surface area contributed by atoms with Crippen LogP contribution < -0.4 is 0 Å². The Hall–Kier alpha value is 0.270. The van der Waals surface area contributed by atoms with Crippen LogP contribution >= 0.6 is 15.9 Å². The van der Waals surface area contributed by atoms with E-state index in [1.54, 1.807) is 0 Å². The molecule has 2 unspecified atom stereocenters. The van der Waals surface area contributed by atoms with Crippen molar-refractivity contribution >= 4 is 15.9 Å². The van der Waals surface area contributed by atoms with Gasteiger partial charge in [-0.3, -0.25) is 0 Å². The van der Waals surface area contributed by atoms with Crippen molar-refractivity contribution < 1.29 is 13.2 Å². The van der Waals surface area contributed by atoms with Gasteiger partial charge in [0.15, 0.2) is 0 Å². The summed E-state index contributed by atoms with van der Waals surface area (Å²) in [5.41, 5.74) is 0. The van der Waals surface area contributed by atoms with Gasteiger partial charge in [-0.1, -0.05) is 15.9 Å². The minimum atomic E-state index is -3.97. The third-order valence-electron chi connectivity index (χ3n) is 1.83. The summed E-state index contributed by atoms with van der Waals surface area (Å²) in [6.45, 7) is 0. The Morgan fingerprint density at radius 3 is 2.00 bits per heavy atom. The smallest absolute Gasteiger partial charge is 0.171 e. The zero-order chi connectivity index (χ0) is 7.78. The van der Waals surface area contributed by atoms with Gasteiger partial charge in [0.1, 0.15) is 0 Å². The summed E-state index contributed by atoms with van der Waals surface area (Å²) < 4.78 is 35.7. The van der Waals surface area contributed by atoms with E-state index >= 15 is 0 Å². The molecule has 0 aliphatic heterocycles. The molecule has 1 rings (SSSR count). The standard InChI is InChI=1S/C6H8BrF3/c7-5-2-1-4(3-5)6(8,9)10/h4-5H,1-3H2. The number of alkyl halides is 4. The third-order valence-corrected chi connectivity index (χ3v) is 2.66. The van der Waals surface area contributed by atoms with Gasteiger partial charge in [-0.05, 0) is 19.3 Å². The highest BCUT2D eigenvalue weighted by molar-refractivity contribution is 9.09. The van der Waals surface area contributed by atoms with Crippen LogP contribution in [0.5, 0.6) is 0 Å². The van der Waals surface area contributed by atoms with Crippen LogP contribution in [0, 0.1) is 5.92 Å². The lowest BCUT2D eigenvalue weighted by molar-refractivity contribution is -0.172. The molecule has 1 fully saturated rings. The summed E-state index contributed by atoms with van der Waals surface area (Å²) >= 11 is 3.17. The molecule has 1 aliphatic carbocycles. The van der Waals surface area contributed by atoms with Gasteiger partial charge in [0, 0.05) is 4.83 Å². The average molecular weight is 217 g/mol. The molecule has 2 atom stereocenters. The lowest BCUT2D eigenvalue weighted by Crippen LogP contribution is -2.19. The molecule has 0 aromatic rings. The predicted molar refractivity (Wildman–Crippen MR) is 36.1 cm³/mol. The van der Waals surface area contributed by atoms with E-state index in [0.717, 1.165) is 0 Å². The second-order valence-corrected chi connectivity index (χ2v) is 3.94. The van der Waals surface area contributed by atoms with Crippen LogP contribution in [0.3, 0.4) is 0 Å². The van der Waals surface area contributed by atoms with E-state index in [1.807, 2.05) is 0 Å². The van der Waals surface area contributed by atoms with Gasteiger partial charge in [0.05, 0.1) is 5.92 Å². The molecule has 0 spiro atoms. The van der Waals surface area contributed by atoms with E-state index in [-0.39, 0.29) is 11.2 Å². The van der Waals surface area contributed by atoms with Crippen molar-refractivity contribution in [1.82, 2.24) is 0 Å². The highest BCUT2D eigenvalue weighted by Crippen LogP contribution is 2.41. The minimum Gasteiger partial charge on any atom is -0.171 e. The molecule has 1 aliphatic rings. The molecule has 0 radical (unpaired) electrons. The van der Waals surface area contributed by atoms with E-state index in [2.05, 4.69) is 15.9 Å². The van der Waals surface area contributed by atoms with Crippen LogP contribution in [-0.2, 0) is 0 Å². The first-order chi connectivity index (χ1) is 4.50. The maximum absolute atomic E-state index is 11.9. The molecule has 4 heteroatoms. The van der Waals surface area contributed by atoms with Gasteiger partial charge in [-0.25, -0.2) is 0 Å². The first kappa shape index (κ1) is 8.37. The summed E-state index contributed by atoms with van der Waals surface area (Å²) in [5.74, 6) is -1.06. The summed E-state index contributed by atoms with van der Waals surface area (Å²) in [6, 6.07) is 0. The van der Waals surface area contributed by atoms with Gasteiger partial charge in [-0.2, -0.15) is 13.2 Å². The maximum Gasteiger partial charge on any atom is 0.391 e. The van der Waals surface area contributed by atoms with Crippen molar-refractivity contribution in [3.8, 4) is 0 Å². The van der Waals surface area contributed by atoms with E-state index in [1.165, 1.54) is 0 Å². The first-order valence-corrected chi connectivity index (χ1v) is 4.12. The first-order valence-electron chi connectivity index (χ1n) is 3.21. The van der Waals surface area contributed by atoms with Crippen LogP contribution in [-0.4, -0.2) is 11.0 Å². The number of hydrogen-bond donors (Lipinski definition) is 0. The summed E-state index contributed by atoms with van der Waals surface area (Å²) in [6.07, 6.45) is -2.77. The van der Waals surface area contributed by atoms with Gasteiger partial charge in [-0.15, -0.1) is 0 Å². The fourth-order valence-corrected chi connectivity index (χ4v) is 1.94. The average Bonchev–Trinajstić information content (AvgIpc) is 2.11. The van der Waals surface area contributed by atoms with Gasteiger partial charge in [0.2, 0.25) is 0 Å². The quantitative estimate of drug-likeness (QED) is 0.547. The lowest BCUT2D eigenvalue weighted by atomic mass is 10.1. The third kappa shape index (κ3) is 1.87. The van der Waals surface area contributed by atoms with Crippen molar-refractivity contribution in [2.45, 2.75) is 30.3 Å². The molecule has 0 aromatic carbocycles. The van der Waals surface area contributed by atoms with Crippen LogP contribution in [0.4, 0.5) is 13.2 Å². The Morgan fingerprint density at radius 2 is 1.80 bits per heavy atom. The Kier molecular flexibility index (Phi) is 2.28. The van der Waals surface area contributed by atoms with Gasteiger partial charge >= 0.3 is 6.18 Å². The van der Waals surface area contributed by atoms with Crippen LogP contribution in [0.1, 0.15) is 19.3 Å². The Morgan fingerprint density at radius 1 is 1.20 bits per heavy atom. The van der Waals surface area contributed by atoms with E-state index < -0.39 is 12.1 Å². The molecule has 0 amide bonds. The molecule has 10 heavy (non-hydrogen) atoms. The second-order valence-electron chi connectivity index (χ2n) is 2.65. The van der Waals surface area contributed by atoms with Gasteiger partial charge < -0.3 is 0 Å². The zero-order valence-electron chi connectivity index (χ0n) is 5.29. The summed E-state index contributed by atoms with van der Waals surface area (Å²) in [4.78, 5) is 0.0825. The predicted octanol–water partition coefficient (Wildman–Crippen LogP) is 3.11. The Labute approximate surface area is 65.9 Å². The van der Waals surface area contributed by atoms with E-state index in [0.29, 0.717) is 12.8 Å². The SMILES string of the molecule is FC(F)(F)C1CCC(Br)C1. The maximum atomic E-state index is 11.9. The molecular formula is C6H8BrF3. The van der Waals surface area contributed by atoms with E-state index in [4.69, 9.17) is 0 Å². The molecule has 0 bridgehead atoms. The summed E-state index contributed by atoms with van der Waals surface area (Å²) in [5, 5.41) is 0. The van der Waals surface area contributed by atoms with Crippen molar-refractivity contribution in [1.29, 1.82) is 0 Å². The second kappa shape index (κ2) is 2.72. The van der Waals surface area contributed by atoms with Crippen molar-refractivity contribution in [2.24, 2.45) is 5.92 Å². The monoisotopic (exact) mass is 216 g/mol.